The first-order valence-electron chi connectivity index (χ1n) is 5.06. The molecule has 1 heterocycles. The third-order valence-corrected chi connectivity index (χ3v) is 3.41. The van der Waals surface area contributed by atoms with Gasteiger partial charge in [-0.1, -0.05) is 6.92 Å². The maximum absolute atomic E-state index is 5.12. The lowest BCUT2D eigenvalue weighted by Gasteiger charge is -2.17. The van der Waals surface area contributed by atoms with Crippen LogP contribution in [0, 0.1) is 6.92 Å². The van der Waals surface area contributed by atoms with Crippen LogP contribution in [-0.4, -0.2) is 20.3 Å². The molecule has 0 amide bonds. The smallest absolute Gasteiger partial charge is 0.0480 e. The molecule has 1 aromatic heterocycles. The Labute approximate surface area is 90.3 Å². The lowest BCUT2D eigenvalue weighted by molar-refractivity contribution is 0.183. The summed E-state index contributed by atoms with van der Waals surface area (Å²) in [6.07, 6.45) is 1.05. The van der Waals surface area contributed by atoms with E-state index in [0.29, 0.717) is 6.04 Å². The first-order chi connectivity index (χ1) is 6.79. The van der Waals surface area contributed by atoms with Crippen molar-refractivity contribution in [2.75, 3.05) is 20.3 Å². The largest absolute Gasteiger partial charge is 0.385 e. The number of hydrogen-bond acceptors (Lipinski definition) is 3. The third kappa shape index (κ3) is 3.08. The zero-order valence-corrected chi connectivity index (χ0v) is 9.99. The average molecular weight is 213 g/mol. The first-order valence-corrected chi connectivity index (χ1v) is 5.93. The molecular weight excluding hydrogens is 194 g/mol. The molecule has 0 radical (unpaired) electrons. The SMILES string of the molecule is CCNC(CCOC)c1sccc1C. The van der Waals surface area contributed by atoms with Gasteiger partial charge in [0, 0.05) is 24.6 Å². The van der Waals surface area contributed by atoms with Crippen LogP contribution in [-0.2, 0) is 4.74 Å². The lowest BCUT2D eigenvalue weighted by atomic mass is 10.1. The molecule has 0 aliphatic heterocycles. The standard InChI is InChI=1S/C11H19NOS/c1-4-12-10(5-7-13-3)11-9(2)6-8-14-11/h6,8,10,12H,4-5,7H2,1-3H3. The van der Waals surface area contributed by atoms with Gasteiger partial charge in [-0.2, -0.15) is 0 Å². The highest BCUT2D eigenvalue weighted by atomic mass is 32.1. The van der Waals surface area contributed by atoms with Gasteiger partial charge in [0.25, 0.3) is 0 Å². The Hall–Kier alpha value is -0.380. The molecule has 0 spiro atoms. The highest BCUT2D eigenvalue weighted by Crippen LogP contribution is 2.26. The zero-order valence-electron chi connectivity index (χ0n) is 9.17. The van der Waals surface area contributed by atoms with E-state index in [1.165, 1.54) is 10.4 Å². The van der Waals surface area contributed by atoms with E-state index in [1.807, 2.05) is 11.3 Å². The second-order valence-electron chi connectivity index (χ2n) is 3.36. The second-order valence-corrected chi connectivity index (χ2v) is 4.31. The van der Waals surface area contributed by atoms with Crippen molar-refractivity contribution in [2.24, 2.45) is 0 Å². The molecule has 0 saturated carbocycles. The average Bonchev–Trinajstić information content (AvgIpc) is 2.59. The molecule has 0 aliphatic carbocycles. The summed E-state index contributed by atoms with van der Waals surface area (Å²) in [5.41, 5.74) is 1.39. The monoisotopic (exact) mass is 213 g/mol. The predicted octanol–water partition coefficient (Wildman–Crippen LogP) is 2.74. The van der Waals surface area contributed by atoms with Crippen LogP contribution in [0.2, 0.25) is 0 Å². The van der Waals surface area contributed by atoms with Crippen molar-refractivity contribution in [3.8, 4) is 0 Å². The molecule has 0 aromatic carbocycles. The minimum Gasteiger partial charge on any atom is -0.385 e. The fourth-order valence-electron chi connectivity index (χ4n) is 1.55. The molecule has 1 aromatic rings. The highest BCUT2D eigenvalue weighted by Gasteiger charge is 2.13. The predicted molar refractivity (Wildman–Crippen MR) is 62.0 cm³/mol. The molecule has 1 rings (SSSR count). The fourth-order valence-corrected chi connectivity index (χ4v) is 2.59. The summed E-state index contributed by atoms with van der Waals surface area (Å²) in [5, 5.41) is 5.65. The Morgan fingerprint density at radius 1 is 1.57 bits per heavy atom. The summed E-state index contributed by atoms with van der Waals surface area (Å²) < 4.78 is 5.12. The summed E-state index contributed by atoms with van der Waals surface area (Å²) in [5.74, 6) is 0. The molecule has 14 heavy (non-hydrogen) atoms. The number of rotatable bonds is 6. The topological polar surface area (TPSA) is 21.3 Å². The lowest BCUT2D eigenvalue weighted by Crippen LogP contribution is -2.21. The van der Waals surface area contributed by atoms with E-state index >= 15 is 0 Å². The molecular formula is C11H19NOS. The van der Waals surface area contributed by atoms with E-state index in [-0.39, 0.29) is 0 Å². The quantitative estimate of drug-likeness (QED) is 0.784. The van der Waals surface area contributed by atoms with Crippen molar-refractivity contribution in [3.05, 3.63) is 21.9 Å². The Kier molecular flexibility index (Phi) is 5.15. The molecule has 2 nitrogen and oxygen atoms in total. The molecule has 0 bridgehead atoms. The van der Waals surface area contributed by atoms with Crippen LogP contribution in [0.1, 0.15) is 29.8 Å². The Balaban J connectivity index is 2.62. The van der Waals surface area contributed by atoms with Crippen molar-refractivity contribution >= 4 is 11.3 Å². The van der Waals surface area contributed by atoms with Gasteiger partial charge in [-0.3, -0.25) is 0 Å². The van der Waals surface area contributed by atoms with Gasteiger partial charge in [-0.15, -0.1) is 11.3 Å². The first kappa shape index (κ1) is 11.7. The number of nitrogens with one attached hydrogen (secondary N) is 1. The van der Waals surface area contributed by atoms with Crippen molar-refractivity contribution in [1.29, 1.82) is 0 Å². The van der Waals surface area contributed by atoms with Crippen molar-refractivity contribution < 1.29 is 4.74 Å². The molecule has 3 heteroatoms. The molecule has 80 valence electrons. The van der Waals surface area contributed by atoms with E-state index in [0.717, 1.165) is 19.6 Å². The number of thiophene rings is 1. The molecule has 0 saturated heterocycles. The fraction of sp³-hybridized carbons (Fsp3) is 0.636. The zero-order chi connectivity index (χ0) is 10.4. The van der Waals surface area contributed by atoms with E-state index in [2.05, 4.69) is 30.6 Å². The third-order valence-electron chi connectivity index (χ3n) is 2.28. The molecule has 1 N–H and O–H groups in total. The maximum atomic E-state index is 5.12. The van der Waals surface area contributed by atoms with Gasteiger partial charge >= 0.3 is 0 Å². The second kappa shape index (κ2) is 6.17. The molecule has 0 aliphatic rings. The number of hydrogen-bond donors (Lipinski definition) is 1. The van der Waals surface area contributed by atoms with E-state index in [9.17, 15) is 0 Å². The van der Waals surface area contributed by atoms with Crippen LogP contribution in [0.5, 0.6) is 0 Å². The van der Waals surface area contributed by atoms with Crippen molar-refractivity contribution in [1.82, 2.24) is 5.32 Å². The van der Waals surface area contributed by atoms with Gasteiger partial charge in [0.2, 0.25) is 0 Å². The Morgan fingerprint density at radius 2 is 2.36 bits per heavy atom. The number of ether oxygens (including phenoxy) is 1. The minimum absolute atomic E-state index is 0.458. The van der Waals surface area contributed by atoms with Crippen LogP contribution in [0.3, 0.4) is 0 Å². The normalized spacial score (nSPS) is 13.1. The van der Waals surface area contributed by atoms with Gasteiger partial charge in [0.05, 0.1) is 0 Å². The number of methoxy groups -OCH3 is 1. The van der Waals surface area contributed by atoms with Crippen LogP contribution in [0.15, 0.2) is 11.4 Å². The summed E-state index contributed by atoms with van der Waals surface area (Å²) >= 11 is 1.83. The van der Waals surface area contributed by atoms with Gasteiger partial charge in [0.1, 0.15) is 0 Å². The van der Waals surface area contributed by atoms with Crippen LogP contribution in [0.4, 0.5) is 0 Å². The van der Waals surface area contributed by atoms with Crippen molar-refractivity contribution in [3.63, 3.8) is 0 Å². The van der Waals surface area contributed by atoms with E-state index in [1.54, 1.807) is 7.11 Å². The molecule has 1 unspecified atom stereocenters. The number of aryl methyl sites for hydroxylation is 1. The van der Waals surface area contributed by atoms with Gasteiger partial charge in [-0.05, 0) is 36.9 Å². The van der Waals surface area contributed by atoms with Crippen LogP contribution >= 0.6 is 11.3 Å². The van der Waals surface area contributed by atoms with Gasteiger partial charge < -0.3 is 10.1 Å². The van der Waals surface area contributed by atoms with Gasteiger partial charge in [0.15, 0.2) is 0 Å². The van der Waals surface area contributed by atoms with Crippen LogP contribution < -0.4 is 5.32 Å². The maximum Gasteiger partial charge on any atom is 0.0480 e. The van der Waals surface area contributed by atoms with Crippen LogP contribution in [0.25, 0.3) is 0 Å². The molecule has 0 fully saturated rings. The van der Waals surface area contributed by atoms with Crippen molar-refractivity contribution in [2.45, 2.75) is 26.3 Å². The Morgan fingerprint density at radius 3 is 2.86 bits per heavy atom. The minimum atomic E-state index is 0.458. The molecule has 1 atom stereocenters. The summed E-state index contributed by atoms with van der Waals surface area (Å²) in [6, 6.07) is 2.64. The summed E-state index contributed by atoms with van der Waals surface area (Å²) in [7, 11) is 1.75. The highest BCUT2D eigenvalue weighted by molar-refractivity contribution is 7.10. The summed E-state index contributed by atoms with van der Waals surface area (Å²) in [4.78, 5) is 1.45. The Bertz CT molecular complexity index is 260. The van der Waals surface area contributed by atoms with Gasteiger partial charge in [-0.25, -0.2) is 0 Å². The van der Waals surface area contributed by atoms with E-state index < -0.39 is 0 Å². The summed E-state index contributed by atoms with van der Waals surface area (Å²) in [6.45, 7) is 6.13. The van der Waals surface area contributed by atoms with E-state index in [4.69, 9.17) is 4.74 Å².